The molecule has 1 aromatic carbocycles. The Hall–Kier alpha value is -1.55. The van der Waals surface area contributed by atoms with E-state index in [9.17, 15) is 4.79 Å². The van der Waals surface area contributed by atoms with E-state index in [1.807, 2.05) is 24.1 Å². The Labute approximate surface area is 121 Å². The summed E-state index contributed by atoms with van der Waals surface area (Å²) in [5.74, 6) is 0.120. The number of carbonyl (C=O) groups is 1. The fraction of sp³-hybridized carbons (Fsp3) is 0.562. The molecule has 4 nitrogen and oxygen atoms in total. The van der Waals surface area contributed by atoms with Gasteiger partial charge in [-0.25, -0.2) is 0 Å². The number of benzene rings is 1. The van der Waals surface area contributed by atoms with Gasteiger partial charge in [0, 0.05) is 20.1 Å². The molecule has 0 fully saturated rings. The van der Waals surface area contributed by atoms with E-state index in [2.05, 4.69) is 30.4 Å². The molecule has 0 saturated carbocycles. The molecule has 2 rings (SSSR count). The van der Waals surface area contributed by atoms with Gasteiger partial charge in [-0.2, -0.15) is 0 Å². The standard InChI is InChI=1S/C16H25N3O/c1-18(2)11-6-12-19(3)16(20)14-9-4-7-13-8-5-10-17-15(13)14/h4,7,9,17H,5-6,8,10-12H2,1-3H3. The van der Waals surface area contributed by atoms with Crippen molar-refractivity contribution in [2.75, 3.05) is 46.1 Å². The van der Waals surface area contributed by atoms with Crippen molar-refractivity contribution in [3.05, 3.63) is 29.3 Å². The Balaban J connectivity index is 2.05. The molecule has 20 heavy (non-hydrogen) atoms. The van der Waals surface area contributed by atoms with Crippen molar-refractivity contribution < 1.29 is 4.79 Å². The monoisotopic (exact) mass is 275 g/mol. The van der Waals surface area contributed by atoms with Gasteiger partial charge < -0.3 is 15.1 Å². The highest BCUT2D eigenvalue weighted by atomic mass is 16.2. The highest BCUT2D eigenvalue weighted by molar-refractivity contribution is 6.00. The van der Waals surface area contributed by atoms with Crippen molar-refractivity contribution in [2.24, 2.45) is 0 Å². The predicted octanol–water partition coefficient (Wildman–Crippen LogP) is 2.07. The number of aryl methyl sites for hydroxylation is 1. The molecular weight excluding hydrogens is 250 g/mol. The molecule has 0 atom stereocenters. The van der Waals surface area contributed by atoms with Gasteiger partial charge >= 0.3 is 0 Å². The van der Waals surface area contributed by atoms with Gasteiger partial charge in [-0.15, -0.1) is 0 Å². The normalized spacial score (nSPS) is 13.8. The lowest BCUT2D eigenvalue weighted by Gasteiger charge is -2.24. The molecule has 0 spiro atoms. The lowest BCUT2D eigenvalue weighted by Crippen LogP contribution is -2.31. The van der Waals surface area contributed by atoms with Crippen LogP contribution in [0.3, 0.4) is 0 Å². The first-order valence-corrected chi connectivity index (χ1v) is 7.35. The smallest absolute Gasteiger partial charge is 0.255 e. The molecule has 0 aromatic heterocycles. The third-order valence-corrected chi connectivity index (χ3v) is 3.75. The summed E-state index contributed by atoms with van der Waals surface area (Å²) in [5.41, 5.74) is 3.13. The minimum atomic E-state index is 0.120. The number of amides is 1. The summed E-state index contributed by atoms with van der Waals surface area (Å²) in [7, 11) is 6.00. The molecular formula is C16H25N3O. The molecule has 1 heterocycles. The summed E-state index contributed by atoms with van der Waals surface area (Å²) in [5, 5.41) is 3.39. The maximum absolute atomic E-state index is 12.6. The van der Waals surface area contributed by atoms with Crippen LogP contribution in [0.15, 0.2) is 18.2 Å². The summed E-state index contributed by atoms with van der Waals surface area (Å²) >= 11 is 0. The maximum Gasteiger partial charge on any atom is 0.255 e. The van der Waals surface area contributed by atoms with Crippen molar-refractivity contribution in [1.82, 2.24) is 9.80 Å². The number of hydrogen-bond donors (Lipinski definition) is 1. The molecule has 0 aliphatic carbocycles. The fourth-order valence-electron chi connectivity index (χ4n) is 2.62. The second-order valence-electron chi connectivity index (χ2n) is 5.75. The van der Waals surface area contributed by atoms with Gasteiger partial charge in [-0.3, -0.25) is 4.79 Å². The highest BCUT2D eigenvalue weighted by Gasteiger charge is 2.19. The number of rotatable bonds is 5. The largest absolute Gasteiger partial charge is 0.384 e. The van der Waals surface area contributed by atoms with Crippen molar-refractivity contribution in [3.63, 3.8) is 0 Å². The number of anilines is 1. The number of carbonyl (C=O) groups excluding carboxylic acids is 1. The molecule has 0 unspecified atom stereocenters. The maximum atomic E-state index is 12.6. The molecule has 1 amide bonds. The molecule has 1 aliphatic heterocycles. The Kier molecular flexibility index (Phi) is 5.01. The van der Waals surface area contributed by atoms with Crippen LogP contribution in [0.4, 0.5) is 5.69 Å². The van der Waals surface area contributed by atoms with Crippen molar-refractivity contribution >= 4 is 11.6 Å². The van der Waals surface area contributed by atoms with E-state index < -0.39 is 0 Å². The Morgan fingerprint density at radius 1 is 1.25 bits per heavy atom. The minimum absolute atomic E-state index is 0.120. The van der Waals surface area contributed by atoms with Gasteiger partial charge in [0.2, 0.25) is 0 Å². The van der Waals surface area contributed by atoms with E-state index in [4.69, 9.17) is 0 Å². The van der Waals surface area contributed by atoms with Crippen LogP contribution in [0, 0.1) is 0 Å². The van der Waals surface area contributed by atoms with E-state index in [0.717, 1.165) is 50.1 Å². The topological polar surface area (TPSA) is 35.6 Å². The zero-order valence-electron chi connectivity index (χ0n) is 12.8. The van der Waals surface area contributed by atoms with Crippen LogP contribution in [0.25, 0.3) is 0 Å². The van der Waals surface area contributed by atoms with Gasteiger partial charge in [0.05, 0.1) is 11.3 Å². The summed E-state index contributed by atoms with van der Waals surface area (Å²) in [6.07, 6.45) is 3.20. The van der Waals surface area contributed by atoms with Crippen LogP contribution in [-0.4, -0.2) is 56.5 Å². The average molecular weight is 275 g/mol. The summed E-state index contributed by atoms with van der Waals surface area (Å²) < 4.78 is 0. The Bertz CT molecular complexity index is 471. The second kappa shape index (κ2) is 6.75. The number of nitrogens with one attached hydrogen (secondary N) is 1. The minimum Gasteiger partial charge on any atom is -0.384 e. The zero-order valence-corrected chi connectivity index (χ0v) is 12.8. The predicted molar refractivity (Wildman–Crippen MR) is 83.4 cm³/mol. The van der Waals surface area contributed by atoms with Crippen molar-refractivity contribution in [1.29, 1.82) is 0 Å². The van der Waals surface area contributed by atoms with Gasteiger partial charge in [0.1, 0.15) is 0 Å². The van der Waals surface area contributed by atoms with Crippen molar-refractivity contribution in [3.8, 4) is 0 Å². The molecule has 110 valence electrons. The third-order valence-electron chi connectivity index (χ3n) is 3.75. The highest BCUT2D eigenvalue weighted by Crippen LogP contribution is 2.26. The van der Waals surface area contributed by atoms with Crippen LogP contribution in [0.5, 0.6) is 0 Å². The van der Waals surface area contributed by atoms with Gasteiger partial charge in [0.25, 0.3) is 5.91 Å². The van der Waals surface area contributed by atoms with Gasteiger partial charge in [-0.1, -0.05) is 12.1 Å². The molecule has 1 aromatic rings. The molecule has 0 radical (unpaired) electrons. The van der Waals surface area contributed by atoms with E-state index in [1.54, 1.807) is 0 Å². The fourth-order valence-corrected chi connectivity index (χ4v) is 2.62. The first-order chi connectivity index (χ1) is 9.59. The van der Waals surface area contributed by atoms with Crippen LogP contribution in [-0.2, 0) is 6.42 Å². The van der Waals surface area contributed by atoms with E-state index >= 15 is 0 Å². The molecule has 1 aliphatic rings. The number of nitrogens with zero attached hydrogens (tertiary/aromatic N) is 2. The van der Waals surface area contributed by atoms with Crippen LogP contribution in [0.2, 0.25) is 0 Å². The van der Waals surface area contributed by atoms with E-state index in [-0.39, 0.29) is 5.91 Å². The van der Waals surface area contributed by atoms with E-state index in [0.29, 0.717) is 0 Å². The van der Waals surface area contributed by atoms with Crippen molar-refractivity contribution in [2.45, 2.75) is 19.3 Å². The molecule has 0 saturated heterocycles. The second-order valence-corrected chi connectivity index (χ2v) is 5.75. The Morgan fingerprint density at radius 2 is 2.05 bits per heavy atom. The van der Waals surface area contributed by atoms with Gasteiger partial charge in [0.15, 0.2) is 0 Å². The van der Waals surface area contributed by atoms with Crippen LogP contribution in [0.1, 0.15) is 28.8 Å². The zero-order chi connectivity index (χ0) is 14.5. The first kappa shape index (κ1) is 14.9. The van der Waals surface area contributed by atoms with Gasteiger partial charge in [-0.05, 0) is 51.5 Å². The lowest BCUT2D eigenvalue weighted by molar-refractivity contribution is 0.0791. The Morgan fingerprint density at radius 3 is 2.80 bits per heavy atom. The lowest BCUT2D eigenvalue weighted by atomic mass is 9.99. The molecule has 1 N–H and O–H groups in total. The van der Waals surface area contributed by atoms with Crippen LogP contribution >= 0.6 is 0 Å². The summed E-state index contributed by atoms with van der Waals surface area (Å²) in [6.45, 7) is 2.76. The number of fused-ring (bicyclic) bond motifs is 1. The number of para-hydroxylation sites is 1. The van der Waals surface area contributed by atoms with Crippen LogP contribution < -0.4 is 5.32 Å². The average Bonchev–Trinajstić information content (AvgIpc) is 2.45. The molecule has 0 bridgehead atoms. The quantitative estimate of drug-likeness (QED) is 0.893. The first-order valence-electron chi connectivity index (χ1n) is 7.35. The summed E-state index contributed by atoms with van der Waals surface area (Å²) in [4.78, 5) is 16.5. The van der Waals surface area contributed by atoms with E-state index in [1.165, 1.54) is 5.56 Å². The SMILES string of the molecule is CN(C)CCCN(C)C(=O)c1cccc2c1NCCC2. The molecule has 4 heteroatoms. The number of hydrogen-bond acceptors (Lipinski definition) is 3. The third kappa shape index (κ3) is 3.51. The summed E-state index contributed by atoms with van der Waals surface area (Å²) in [6, 6.07) is 6.04.